The van der Waals surface area contributed by atoms with Crippen LogP contribution in [0.2, 0.25) is 0 Å². The zero-order valence-electron chi connectivity index (χ0n) is 30.4. The van der Waals surface area contributed by atoms with Crippen LogP contribution in [-0.4, -0.2) is 42.6 Å². The van der Waals surface area contributed by atoms with Crippen molar-refractivity contribution in [3.05, 3.63) is 137 Å². The third-order valence-corrected chi connectivity index (χ3v) is 10.00. The number of carbonyl (C=O) groups excluding carboxylic acids is 3. The van der Waals surface area contributed by atoms with E-state index in [1.807, 2.05) is 55.6 Å². The Balaban J connectivity index is 1.31. The van der Waals surface area contributed by atoms with Gasteiger partial charge in [-0.25, -0.2) is 4.79 Å². The summed E-state index contributed by atoms with van der Waals surface area (Å²) >= 11 is 0. The highest BCUT2D eigenvalue weighted by atomic mass is 16.5. The molecule has 0 bridgehead atoms. The standard InChI is InChI=1S/C45H39N3O6/c1-5-6-25-7-13-32(14-8-25)54-43-33-15-11-28(17-29(33)18-30-19-31(47-3)12-16-34(30)43)41(46)42(50)38-20-26-9-10-27-21-39(44(51)48-4)35(24(2)49)22-36(27)37(26)23-40(38)45(52)53/h7-23,41,47H,5-6,46H2,1-4H3,(H,48,51)(H,52,53). The van der Waals surface area contributed by atoms with E-state index in [-0.39, 0.29) is 28.0 Å². The van der Waals surface area contributed by atoms with Gasteiger partial charge in [0.2, 0.25) is 0 Å². The van der Waals surface area contributed by atoms with Crippen molar-refractivity contribution < 1.29 is 29.0 Å². The lowest BCUT2D eigenvalue weighted by Gasteiger charge is -2.18. The number of carboxylic acids is 1. The number of ketones is 2. The van der Waals surface area contributed by atoms with Gasteiger partial charge in [-0.05, 0) is 124 Å². The minimum atomic E-state index is -1.30. The number of hydrogen-bond donors (Lipinski definition) is 4. The number of nitrogens with one attached hydrogen (secondary N) is 2. The Morgan fingerprint density at radius 1 is 0.685 bits per heavy atom. The van der Waals surface area contributed by atoms with E-state index < -0.39 is 23.7 Å². The predicted molar refractivity (Wildman–Crippen MR) is 215 cm³/mol. The lowest BCUT2D eigenvalue weighted by Crippen LogP contribution is -2.23. The first-order chi connectivity index (χ1) is 26.0. The van der Waals surface area contributed by atoms with Gasteiger partial charge in [0.05, 0.1) is 17.2 Å². The number of fused-ring (bicyclic) bond motifs is 5. The van der Waals surface area contributed by atoms with Gasteiger partial charge in [-0.15, -0.1) is 0 Å². The summed E-state index contributed by atoms with van der Waals surface area (Å²) in [4.78, 5) is 52.0. The molecule has 7 aromatic rings. The maximum absolute atomic E-state index is 14.2. The molecule has 0 aromatic heterocycles. The summed E-state index contributed by atoms with van der Waals surface area (Å²) in [5, 5.41) is 21.9. The van der Waals surface area contributed by atoms with E-state index in [1.54, 1.807) is 30.3 Å². The Hall–Kier alpha value is -6.58. The third kappa shape index (κ3) is 6.50. The number of benzene rings is 7. The molecular formula is C45H39N3O6. The van der Waals surface area contributed by atoms with Crippen LogP contribution in [0.25, 0.3) is 43.1 Å². The average molecular weight is 718 g/mol. The van der Waals surface area contributed by atoms with Crippen molar-refractivity contribution >= 4 is 72.2 Å². The number of rotatable bonds is 11. The van der Waals surface area contributed by atoms with Crippen LogP contribution in [0.3, 0.4) is 0 Å². The molecule has 0 fully saturated rings. The van der Waals surface area contributed by atoms with Gasteiger partial charge in [-0.1, -0.05) is 49.7 Å². The molecule has 9 heteroatoms. The summed E-state index contributed by atoms with van der Waals surface area (Å²) in [6.07, 6.45) is 2.04. The summed E-state index contributed by atoms with van der Waals surface area (Å²) in [5.41, 5.74) is 9.51. The van der Waals surface area contributed by atoms with Gasteiger partial charge in [-0.2, -0.15) is 0 Å². The zero-order chi connectivity index (χ0) is 38.3. The zero-order valence-corrected chi connectivity index (χ0v) is 30.4. The van der Waals surface area contributed by atoms with Crippen molar-refractivity contribution in [2.24, 2.45) is 5.73 Å². The van der Waals surface area contributed by atoms with Crippen LogP contribution in [-0.2, 0) is 6.42 Å². The molecule has 0 spiro atoms. The number of nitrogens with two attached hydrogens (primary N) is 1. The number of carbonyl (C=O) groups is 4. The van der Waals surface area contributed by atoms with Gasteiger partial charge >= 0.3 is 5.97 Å². The van der Waals surface area contributed by atoms with Crippen LogP contribution < -0.4 is 21.1 Å². The van der Waals surface area contributed by atoms with Crippen molar-refractivity contribution in [2.75, 3.05) is 19.4 Å². The van der Waals surface area contributed by atoms with E-state index in [4.69, 9.17) is 10.5 Å². The molecule has 270 valence electrons. The largest absolute Gasteiger partial charge is 0.478 e. The van der Waals surface area contributed by atoms with E-state index in [1.165, 1.54) is 31.7 Å². The quantitative estimate of drug-likeness (QED) is 0.0588. The molecule has 1 atom stereocenters. The second-order valence-corrected chi connectivity index (χ2v) is 13.5. The molecule has 0 radical (unpaired) electrons. The number of carboxylic acid groups (broad SMARTS) is 1. The molecule has 7 aromatic carbocycles. The molecule has 1 amide bonds. The fourth-order valence-corrected chi connectivity index (χ4v) is 7.17. The predicted octanol–water partition coefficient (Wildman–Crippen LogP) is 9.23. The number of hydrogen-bond acceptors (Lipinski definition) is 7. The lowest BCUT2D eigenvalue weighted by molar-refractivity contribution is 0.0691. The molecule has 0 heterocycles. The summed E-state index contributed by atoms with van der Waals surface area (Å²) in [7, 11) is 3.34. The number of amides is 1. The molecule has 7 rings (SSSR count). The summed E-state index contributed by atoms with van der Waals surface area (Å²) in [6, 6.07) is 30.2. The molecule has 1 unspecified atom stereocenters. The van der Waals surface area contributed by atoms with Crippen molar-refractivity contribution in [1.29, 1.82) is 0 Å². The Kier molecular flexibility index (Phi) is 9.58. The smallest absolute Gasteiger partial charge is 0.336 e. The van der Waals surface area contributed by atoms with Crippen LogP contribution >= 0.6 is 0 Å². The Morgan fingerprint density at radius 3 is 1.93 bits per heavy atom. The maximum atomic E-state index is 14.2. The first kappa shape index (κ1) is 35.8. The highest BCUT2D eigenvalue weighted by Gasteiger charge is 2.26. The topological polar surface area (TPSA) is 148 Å². The normalized spacial score (nSPS) is 11.9. The number of Topliss-reactive ketones (excluding diaryl/α,β-unsaturated/α-hetero) is 2. The first-order valence-corrected chi connectivity index (χ1v) is 17.8. The van der Waals surface area contributed by atoms with Gasteiger partial charge in [0.1, 0.15) is 11.5 Å². The molecule has 0 aliphatic heterocycles. The summed E-state index contributed by atoms with van der Waals surface area (Å²) in [5.74, 6) is -1.21. The van der Waals surface area contributed by atoms with Crippen LogP contribution in [0, 0.1) is 0 Å². The molecule has 0 saturated heterocycles. The monoisotopic (exact) mass is 717 g/mol. The fraction of sp³-hybridized carbons (Fsp3) is 0.156. The lowest BCUT2D eigenvalue weighted by atomic mass is 9.89. The van der Waals surface area contributed by atoms with E-state index in [0.29, 0.717) is 38.6 Å². The van der Waals surface area contributed by atoms with Gasteiger partial charge < -0.3 is 26.2 Å². The van der Waals surface area contributed by atoms with Crippen LogP contribution in [0.4, 0.5) is 5.69 Å². The minimum Gasteiger partial charge on any atom is -0.478 e. The molecular weight excluding hydrogens is 679 g/mol. The van der Waals surface area contributed by atoms with Crippen molar-refractivity contribution in [3.63, 3.8) is 0 Å². The third-order valence-electron chi connectivity index (χ3n) is 10.00. The number of aromatic carboxylic acids is 1. The van der Waals surface area contributed by atoms with Crippen molar-refractivity contribution in [1.82, 2.24) is 5.32 Å². The Bertz CT molecular complexity index is 2680. The van der Waals surface area contributed by atoms with Crippen molar-refractivity contribution in [3.8, 4) is 11.5 Å². The van der Waals surface area contributed by atoms with E-state index in [2.05, 4.69) is 29.7 Å². The second-order valence-electron chi connectivity index (χ2n) is 13.5. The van der Waals surface area contributed by atoms with Crippen LogP contribution in [0.15, 0.2) is 103 Å². The first-order valence-electron chi connectivity index (χ1n) is 17.8. The number of ether oxygens (including phenoxy) is 1. The van der Waals surface area contributed by atoms with Gasteiger partial charge in [0.25, 0.3) is 5.91 Å². The van der Waals surface area contributed by atoms with E-state index in [9.17, 15) is 24.3 Å². The SMILES string of the molecule is CCCc1ccc(Oc2c3ccc(NC)cc3cc3cc(C(N)C(=O)c4cc5ccc6cc(C(=O)NC)c(C(C)=O)cc6c5cc4C(=O)O)ccc23)cc1. The van der Waals surface area contributed by atoms with Crippen molar-refractivity contribution in [2.45, 2.75) is 32.7 Å². The van der Waals surface area contributed by atoms with Gasteiger partial charge in [0, 0.05) is 41.7 Å². The molecule has 54 heavy (non-hydrogen) atoms. The van der Waals surface area contributed by atoms with Crippen LogP contribution in [0.1, 0.15) is 78.9 Å². The summed E-state index contributed by atoms with van der Waals surface area (Å²) in [6.45, 7) is 3.52. The van der Waals surface area contributed by atoms with Crippen LogP contribution in [0.5, 0.6) is 11.5 Å². The highest BCUT2D eigenvalue weighted by molar-refractivity contribution is 6.19. The number of aryl methyl sites for hydroxylation is 1. The summed E-state index contributed by atoms with van der Waals surface area (Å²) < 4.78 is 6.56. The Morgan fingerprint density at radius 2 is 1.31 bits per heavy atom. The van der Waals surface area contributed by atoms with E-state index >= 15 is 0 Å². The van der Waals surface area contributed by atoms with E-state index in [0.717, 1.165) is 40.1 Å². The molecule has 9 nitrogen and oxygen atoms in total. The molecule has 0 saturated carbocycles. The minimum absolute atomic E-state index is 0.0385. The highest BCUT2D eigenvalue weighted by Crippen LogP contribution is 2.40. The average Bonchev–Trinajstić information content (AvgIpc) is 3.18. The maximum Gasteiger partial charge on any atom is 0.336 e. The number of anilines is 1. The van der Waals surface area contributed by atoms with Gasteiger partial charge in [0.15, 0.2) is 11.6 Å². The Labute approximate surface area is 311 Å². The molecule has 0 aliphatic rings. The van der Waals surface area contributed by atoms with Gasteiger partial charge in [-0.3, -0.25) is 14.4 Å². The fourth-order valence-electron chi connectivity index (χ4n) is 7.17. The second kappa shape index (κ2) is 14.4. The molecule has 5 N–H and O–H groups in total. The molecule has 0 aliphatic carbocycles.